The monoisotopic (exact) mass is 669 g/mol. The second-order valence-electron chi connectivity index (χ2n) is 13.9. The second kappa shape index (κ2) is 13.1. The molecule has 250 valence electrons. The normalized spacial score (nSPS) is 14.3. The van der Waals surface area contributed by atoms with Crippen LogP contribution in [0.5, 0.6) is 0 Å². The summed E-state index contributed by atoms with van der Waals surface area (Å²) in [7, 11) is 0. The molecule has 0 atom stereocenters. The van der Waals surface area contributed by atoms with Crippen LogP contribution in [0.2, 0.25) is 0 Å². The number of aromatic nitrogens is 2. The number of anilines is 3. The first-order valence-corrected chi connectivity index (χ1v) is 18.1. The Morgan fingerprint density at radius 1 is 0.519 bits per heavy atom. The van der Waals surface area contributed by atoms with Gasteiger partial charge in [0.05, 0.1) is 28.2 Å². The zero-order chi connectivity index (χ0) is 35.1. The summed E-state index contributed by atoms with van der Waals surface area (Å²) in [5.74, 6) is 0.698. The van der Waals surface area contributed by atoms with E-state index >= 15 is 0 Å². The average Bonchev–Trinajstić information content (AvgIpc) is 3.21. The van der Waals surface area contributed by atoms with Crippen LogP contribution in [-0.4, -0.2) is 9.97 Å². The molecule has 1 aliphatic carbocycles. The van der Waals surface area contributed by atoms with Crippen molar-refractivity contribution in [2.75, 3.05) is 4.90 Å². The van der Waals surface area contributed by atoms with Crippen molar-refractivity contribution in [2.24, 2.45) is 0 Å². The van der Waals surface area contributed by atoms with E-state index in [-0.39, 0.29) is 0 Å². The maximum Gasteiger partial charge on any atom is 0.160 e. The van der Waals surface area contributed by atoms with Crippen molar-refractivity contribution in [2.45, 2.75) is 32.1 Å². The van der Waals surface area contributed by atoms with Gasteiger partial charge in [0.25, 0.3) is 0 Å². The van der Waals surface area contributed by atoms with Gasteiger partial charge in [0.15, 0.2) is 5.82 Å². The third-order valence-electron chi connectivity index (χ3n) is 10.5. The summed E-state index contributed by atoms with van der Waals surface area (Å²) in [4.78, 5) is 12.8. The van der Waals surface area contributed by atoms with Gasteiger partial charge in [-0.25, -0.2) is 9.97 Å². The minimum atomic E-state index is -0.479. The highest BCUT2D eigenvalue weighted by atomic mass is 15.2. The number of fused-ring (bicyclic) bond motifs is 2. The minimum Gasteiger partial charge on any atom is -0.310 e. The molecule has 0 saturated carbocycles. The summed E-state index contributed by atoms with van der Waals surface area (Å²) in [6.07, 6.45) is 9.26. The van der Waals surface area contributed by atoms with Crippen LogP contribution >= 0.6 is 0 Å². The first kappa shape index (κ1) is 31.6. The van der Waals surface area contributed by atoms with Crippen molar-refractivity contribution in [3.63, 3.8) is 0 Å². The van der Waals surface area contributed by atoms with Crippen molar-refractivity contribution in [3.8, 4) is 33.9 Å². The Kier molecular flexibility index (Phi) is 7.97. The summed E-state index contributed by atoms with van der Waals surface area (Å²) in [6.45, 7) is 4.42. The van der Waals surface area contributed by atoms with Crippen molar-refractivity contribution in [1.29, 1.82) is 0 Å². The quantitative estimate of drug-likeness (QED) is 0.176. The molecule has 2 heterocycles. The number of allylic oxidation sites excluding steroid dienone is 4. The van der Waals surface area contributed by atoms with Gasteiger partial charge in [0.2, 0.25) is 0 Å². The Bertz CT molecular complexity index is 2370. The van der Waals surface area contributed by atoms with E-state index in [4.69, 9.17) is 9.97 Å². The number of rotatable bonds is 6. The van der Waals surface area contributed by atoms with E-state index in [0.717, 1.165) is 46.6 Å². The zero-order valence-electron chi connectivity index (χ0n) is 29.5. The fraction of sp³-hybridized carbons (Fsp3) is 0.102. The lowest BCUT2D eigenvalue weighted by Gasteiger charge is -2.47. The summed E-state index contributed by atoms with van der Waals surface area (Å²) >= 11 is 0. The second-order valence-corrected chi connectivity index (χ2v) is 13.9. The Balaban J connectivity index is 1.27. The smallest absolute Gasteiger partial charge is 0.160 e. The number of aryl methyl sites for hydroxylation is 2. The highest BCUT2D eigenvalue weighted by molar-refractivity contribution is 5.91. The van der Waals surface area contributed by atoms with Crippen LogP contribution in [0.3, 0.4) is 0 Å². The van der Waals surface area contributed by atoms with Crippen LogP contribution in [0.1, 0.15) is 40.7 Å². The summed E-state index contributed by atoms with van der Waals surface area (Å²) < 4.78 is 0. The predicted octanol–water partition coefficient (Wildman–Crippen LogP) is 12.5. The van der Waals surface area contributed by atoms with E-state index in [1.54, 1.807) is 0 Å². The highest BCUT2D eigenvalue weighted by Crippen LogP contribution is 2.59. The topological polar surface area (TPSA) is 29.0 Å². The van der Waals surface area contributed by atoms with E-state index in [1.165, 1.54) is 44.8 Å². The summed E-state index contributed by atoms with van der Waals surface area (Å²) in [5.41, 5.74) is 15.5. The molecule has 6 aromatic carbocycles. The lowest BCUT2D eigenvalue weighted by atomic mass is 9.61. The fourth-order valence-electron chi connectivity index (χ4n) is 8.09. The molecule has 0 amide bonds. The molecule has 7 aromatic rings. The first-order chi connectivity index (χ1) is 25.6. The summed E-state index contributed by atoms with van der Waals surface area (Å²) in [6, 6.07) is 56.6. The standard InChI is InChI=1S/C49H39N3/c1-34-26-28-46-42(30-34)49(39-21-11-5-12-22-39,40-23-13-6-14-24-40)43-31-35(2)27-29-47(43)52(46)41-25-15-20-38(32-41)48-50-44(36-16-7-3-8-17-36)33-45(51-48)37-18-9-4-10-19-37/h3-5,7-13,15-33H,6,14H2,1-2H3. The molecule has 0 radical (unpaired) electrons. The van der Waals surface area contributed by atoms with Gasteiger partial charge in [0, 0.05) is 22.4 Å². The Morgan fingerprint density at radius 2 is 1.08 bits per heavy atom. The van der Waals surface area contributed by atoms with Crippen LogP contribution in [0.4, 0.5) is 17.1 Å². The molecule has 0 spiro atoms. The molecule has 9 rings (SSSR count). The van der Waals surface area contributed by atoms with Gasteiger partial charge in [-0.3, -0.25) is 0 Å². The average molecular weight is 670 g/mol. The van der Waals surface area contributed by atoms with Crippen molar-refractivity contribution < 1.29 is 0 Å². The molecule has 1 aromatic heterocycles. The first-order valence-electron chi connectivity index (χ1n) is 18.1. The van der Waals surface area contributed by atoms with E-state index in [9.17, 15) is 0 Å². The Hall–Kier alpha value is -6.32. The van der Waals surface area contributed by atoms with E-state index in [1.807, 2.05) is 12.1 Å². The maximum atomic E-state index is 5.18. The lowest BCUT2D eigenvalue weighted by molar-refractivity contribution is 0.716. The number of benzene rings is 6. The fourth-order valence-corrected chi connectivity index (χ4v) is 8.09. The Morgan fingerprint density at radius 3 is 1.63 bits per heavy atom. The van der Waals surface area contributed by atoms with Crippen molar-refractivity contribution in [1.82, 2.24) is 9.97 Å². The molecular weight excluding hydrogens is 631 g/mol. The molecule has 0 unspecified atom stereocenters. The molecule has 3 nitrogen and oxygen atoms in total. The molecule has 0 N–H and O–H groups in total. The van der Waals surface area contributed by atoms with Gasteiger partial charge in [-0.05, 0) is 79.3 Å². The third-order valence-corrected chi connectivity index (χ3v) is 10.5. The highest BCUT2D eigenvalue weighted by Gasteiger charge is 2.47. The maximum absolute atomic E-state index is 5.18. The van der Waals surface area contributed by atoms with Crippen LogP contribution < -0.4 is 4.90 Å². The van der Waals surface area contributed by atoms with Crippen molar-refractivity contribution >= 4 is 17.1 Å². The number of nitrogens with zero attached hydrogens (tertiary/aromatic N) is 3. The third kappa shape index (κ3) is 5.37. The van der Waals surface area contributed by atoms with Crippen LogP contribution in [0, 0.1) is 13.8 Å². The van der Waals surface area contributed by atoms with Crippen LogP contribution in [0.15, 0.2) is 182 Å². The molecular formula is C49H39N3. The van der Waals surface area contributed by atoms with Gasteiger partial charge in [-0.15, -0.1) is 0 Å². The molecule has 3 heteroatoms. The zero-order valence-corrected chi connectivity index (χ0v) is 29.5. The van der Waals surface area contributed by atoms with E-state index < -0.39 is 5.41 Å². The van der Waals surface area contributed by atoms with Gasteiger partial charge in [0.1, 0.15) is 0 Å². The van der Waals surface area contributed by atoms with Crippen molar-refractivity contribution in [3.05, 3.63) is 209 Å². The summed E-state index contributed by atoms with van der Waals surface area (Å²) in [5, 5.41) is 0. The van der Waals surface area contributed by atoms with Gasteiger partial charge < -0.3 is 4.90 Å². The van der Waals surface area contributed by atoms with Crippen LogP contribution in [-0.2, 0) is 5.41 Å². The van der Waals surface area contributed by atoms with Gasteiger partial charge in [-0.2, -0.15) is 0 Å². The predicted molar refractivity (Wildman–Crippen MR) is 215 cm³/mol. The molecule has 0 fully saturated rings. The number of hydrogen-bond acceptors (Lipinski definition) is 3. The molecule has 1 aliphatic heterocycles. The van der Waals surface area contributed by atoms with Gasteiger partial charge >= 0.3 is 0 Å². The minimum absolute atomic E-state index is 0.479. The van der Waals surface area contributed by atoms with E-state index in [0.29, 0.717) is 5.82 Å². The SMILES string of the molecule is Cc1ccc2c(c1)C(C1=CCCC=C1)(c1ccccc1)c1cc(C)ccc1N2c1cccc(-c2nc(-c3ccccc3)cc(-c3ccccc3)n2)c1. The molecule has 2 aliphatic rings. The molecule has 0 saturated heterocycles. The van der Waals surface area contributed by atoms with Gasteiger partial charge in [-0.1, -0.05) is 157 Å². The van der Waals surface area contributed by atoms with E-state index in [2.05, 4.69) is 183 Å². The molecule has 0 bridgehead atoms. The largest absolute Gasteiger partial charge is 0.310 e. The molecule has 52 heavy (non-hydrogen) atoms. The lowest BCUT2D eigenvalue weighted by Crippen LogP contribution is -2.38. The van der Waals surface area contributed by atoms with Crippen LogP contribution in [0.25, 0.3) is 33.9 Å². The number of hydrogen-bond donors (Lipinski definition) is 0. The Labute approximate surface area is 306 Å².